The molecular formula is C17H20N2. The Morgan fingerprint density at radius 3 is 2.53 bits per heavy atom. The van der Waals surface area contributed by atoms with E-state index in [1.54, 1.807) is 0 Å². The average molecular weight is 252 g/mol. The Bertz CT molecular complexity index is 590. The number of nitrogens with zero attached hydrogens (tertiary/aromatic N) is 1. The maximum Gasteiger partial charge on any atom is 0.0363 e. The third-order valence-electron chi connectivity index (χ3n) is 3.98. The van der Waals surface area contributed by atoms with E-state index in [2.05, 4.69) is 48.2 Å². The molecule has 0 radical (unpaired) electrons. The molecule has 2 heteroatoms. The molecule has 0 unspecified atom stereocenters. The van der Waals surface area contributed by atoms with Crippen LogP contribution >= 0.6 is 0 Å². The number of rotatable bonds is 3. The third-order valence-corrected chi connectivity index (χ3v) is 3.98. The van der Waals surface area contributed by atoms with Crippen LogP contribution < -0.4 is 5.73 Å². The van der Waals surface area contributed by atoms with E-state index in [9.17, 15) is 0 Å². The van der Waals surface area contributed by atoms with Gasteiger partial charge < -0.3 is 5.73 Å². The minimum absolute atomic E-state index is 0.934. The zero-order valence-electron chi connectivity index (χ0n) is 11.4. The van der Waals surface area contributed by atoms with Gasteiger partial charge in [0.05, 0.1) is 0 Å². The summed E-state index contributed by atoms with van der Waals surface area (Å²) in [5.41, 5.74) is 12.6. The molecule has 0 aromatic heterocycles. The lowest BCUT2D eigenvalue weighted by Gasteiger charge is -2.17. The molecule has 0 saturated carbocycles. The van der Waals surface area contributed by atoms with Gasteiger partial charge in [-0.1, -0.05) is 43.3 Å². The smallest absolute Gasteiger partial charge is 0.0363 e. The summed E-state index contributed by atoms with van der Waals surface area (Å²) in [5, 5.41) is 0. The van der Waals surface area contributed by atoms with Crippen molar-refractivity contribution >= 4 is 5.69 Å². The van der Waals surface area contributed by atoms with Gasteiger partial charge in [-0.2, -0.15) is 0 Å². The number of hydrogen-bond donors (Lipinski definition) is 1. The maximum absolute atomic E-state index is 6.06. The predicted octanol–water partition coefficient (Wildman–Crippen LogP) is 3.35. The van der Waals surface area contributed by atoms with Crippen molar-refractivity contribution in [3.8, 4) is 0 Å². The Labute approximate surface area is 114 Å². The topological polar surface area (TPSA) is 29.3 Å². The summed E-state index contributed by atoms with van der Waals surface area (Å²) in [6.45, 7) is 5.21. The SMILES string of the molecule is CCc1ccccc1CN1Cc2cccc(N)c2C1. The van der Waals surface area contributed by atoms with Gasteiger partial charge in [-0.05, 0) is 34.7 Å². The standard InChI is InChI=1S/C17H20N2/c1-2-13-6-3-4-7-14(13)10-19-11-15-8-5-9-17(18)16(15)12-19/h3-9H,2,10-12,18H2,1H3. The van der Waals surface area contributed by atoms with E-state index < -0.39 is 0 Å². The van der Waals surface area contributed by atoms with Crippen LogP contribution in [0.2, 0.25) is 0 Å². The molecule has 0 spiro atoms. The van der Waals surface area contributed by atoms with Crippen LogP contribution in [0.3, 0.4) is 0 Å². The lowest BCUT2D eigenvalue weighted by molar-refractivity contribution is 0.275. The quantitative estimate of drug-likeness (QED) is 0.849. The normalized spacial score (nSPS) is 14.6. The zero-order chi connectivity index (χ0) is 13.2. The number of benzene rings is 2. The molecule has 0 amide bonds. The van der Waals surface area contributed by atoms with E-state index in [4.69, 9.17) is 5.73 Å². The molecule has 3 rings (SSSR count). The Kier molecular flexibility index (Phi) is 3.26. The molecule has 0 saturated heterocycles. The second-order valence-electron chi connectivity index (χ2n) is 5.25. The van der Waals surface area contributed by atoms with Crippen LogP contribution in [-0.4, -0.2) is 4.90 Å². The summed E-state index contributed by atoms with van der Waals surface area (Å²) in [5.74, 6) is 0. The van der Waals surface area contributed by atoms with Gasteiger partial charge in [-0.25, -0.2) is 0 Å². The van der Waals surface area contributed by atoms with E-state index in [0.717, 1.165) is 31.7 Å². The monoisotopic (exact) mass is 252 g/mol. The van der Waals surface area contributed by atoms with Crippen LogP contribution in [0.5, 0.6) is 0 Å². The highest BCUT2D eigenvalue weighted by atomic mass is 15.1. The third kappa shape index (κ3) is 2.36. The van der Waals surface area contributed by atoms with Crippen molar-refractivity contribution in [1.29, 1.82) is 0 Å². The molecule has 0 fully saturated rings. The molecule has 2 aromatic carbocycles. The number of aryl methyl sites for hydroxylation is 1. The van der Waals surface area contributed by atoms with Crippen molar-refractivity contribution in [2.75, 3.05) is 5.73 Å². The first kappa shape index (κ1) is 12.2. The van der Waals surface area contributed by atoms with Crippen LogP contribution in [0.15, 0.2) is 42.5 Å². The van der Waals surface area contributed by atoms with Crippen molar-refractivity contribution in [3.05, 3.63) is 64.7 Å². The van der Waals surface area contributed by atoms with Gasteiger partial charge in [0.15, 0.2) is 0 Å². The van der Waals surface area contributed by atoms with E-state index in [1.807, 2.05) is 6.07 Å². The molecule has 2 aromatic rings. The molecule has 0 atom stereocenters. The molecular weight excluding hydrogens is 232 g/mol. The van der Waals surface area contributed by atoms with Crippen LogP contribution in [0.25, 0.3) is 0 Å². The summed E-state index contributed by atoms with van der Waals surface area (Å²) in [6, 6.07) is 15.0. The molecule has 1 heterocycles. The highest BCUT2D eigenvalue weighted by Crippen LogP contribution is 2.29. The number of nitrogens with two attached hydrogens (primary N) is 1. The number of nitrogen functional groups attached to an aromatic ring is 1. The number of anilines is 1. The van der Waals surface area contributed by atoms with Crippen molar-refractivity contribution in [3.63, 3.8) is 0 Å². The molecule has 2 N–H and O–H groups in total. The molecule has 0 bridgehead atoms. The molecule has 1 aliphatic rings. The number of hydrogen-bond acceptors (Lipinski definition) is 2. The second-order valence-corrected chi connectivity index (χ2v) is 5.25. The van der Waals surface area contributed by atoms with Gasteiger partial charge in [0.2, 0.25) is 0 Å². The Balaban J connectivity index is 1.79. The van der Waals surface area contributed by atoms with Gasteiger partial charge in [-0.15, -0.1) is 0 Å². The zero-order valence-corrected chi connectivity index (χ0v) is 11.4. The Morgan fingerprint density at radius 2 is 1.79 bits per heavy atom. The largest absolute Gasteiger partial charge is 0.398 e. The van der Waals surface area contributed by atoms with Gasteiger partial charge in [-0.3, -0.25) is 4.90 Å². The van der Waals surface area contributed by atoms with Crippen LogP contribution in [-0.2, 0) is 26.1 Å². The minimum Gasteiger partial charge on any atom is -0.398 e. The highest BCUT2D eigenvalue weighted by molar-refractivity contribution is 5.52. The molecule has 98 valence electrons. The van der Waals surface area contributed by atoms with Crippen molar-refractivity contribution in [1.82, 2.24) is 4.90 Å². The maximum atomic E-state index is 6.06. The fourth-order valence-corrected chi connectivity index (χ4v) is 2.93. The van der Waals surface area contributed by atoms with Gasteiger partial charge in [0, 0.05) is 25.3 Å². The summed E-state index contributed by atoms with van der Waals surface area (Å²) in [4.78, 5) is 2.47. The summed E-state index contributed by atoms with van der Waals surface area (Å²) >= 11 is 0. The molecule has 0 aliphatic carbocycles. The van der Waals surface area contributed by atoms with Gasteiger partial charge in [0.1, 0.15) is 0 Å². The molecule has 2 nitrogen and oxygen atoms in total. The lowest BCUT2D eigenvalue weighted by Crippen LogP contribution is -2.16. The first-order valence-electron chi connectivity index (χ1n) is 6.93. The molecule has 1 aliphatic heterocycles. The molecule has 19 heavy (non-hydrogen) atoms. The van der Waals surface area contributed by atoms with E-state index in [0.29, 0.717) is 0 Å². The summed E-state index contributed by atoms with van der Waals surface area (Å²) in [7, 11) is 0. The fourth-order valence-electron chi connectivity index (χ4n) is 2.93. The first-order valence-corrected chi connectivity index (χ1v) is 6.93. The Morgan fingerprint density at radius 1 is 1.00 bits per heavy atom. The van der Waals surface area contributed by atoms with Crippen molar-refractivity contribution in [2.45, 2.75) is 33.0 Å². The van der Waals surface area contributed by atoms with Crippen LogP contribution in [0, 0.1) is 0 Å². The average Bonchev–Trinajstić information content (AvgIpc) is 2.83. The summed E-state index contributed by atoms with van der Waals surface area (Å²) in [6.07, 6.45) is 1.10. The van der Waals surface area contributed by atoms with Crippen molar-refractivity contribution < 1.29 is 0 Å². The van der Waals surface area contributed by atoms with Crippen LogP contribution in [0.4, 0.5) is 5.69 Å². The second kappa shape index (κ2) is 5.06. The van der Waals surface area contributed by atoms with E-state index in [-0.39, 0.29) is 0 Å². The minimum atomic E-state index is 0.934. The first-order chi connectivity index (χ1) is 9.28. The van der Waals surface area contributed by atoms with Gasteiger partial charge >= 0.3 is 0 Å². The lowest BCUT2D eigenvalue weighted by atomic mass is 10.1. The summed E-state index contributed by atoms with van der Waals surface area (Å²) < 4.78 is 0. The highest BCUT2D eigenvalue weighted by Gasteiger charge is 2.20. The Hall–Kier alpha value is -1.80. The predicted molar refractivity (Wildman–Crippen MR) is 79.6 cm³/mol. The van der Waals surface area contributed by atoms with E-state index >= 15 is 0 Å². The van der Waals surface area contributed by atoms with Crippen molar-refractivity contribution in [2.24, 2.45) is 0 Å². The van der Waals surface area contributed by atoms with Gasteiger partial charge in [0.25, 0.3) is 0 Å². The number of fused-ring (bicyclic) bond motifs is 1. The van der Waals surface area contributed by atoms with Crippen LogP contribution in [0.1, 0.15) is 29.2 Å². The van der Waals surface area contributed by atoms with E-state index in [1.165, 1.54) is 22.3 Å². The fraction of sp³-hybridized carbons (Fsp3) is 0.294.